The van der Waals surface area contributed by atoms with Gasteiger partial charge in [0.2, 0.25) is 0 Å². The summed E-state index contributed by atoms with van der Waals surface area (Å²) in [5, 5.41) is 3.67. The van der Waals surface area contributed by atoms with Crippen molar-refractivity contribution in [3.8, 4) is 0 Å². The highest BCUT2D eigenvalue weighted by atomic mass is 16.5. The SMILES string of the molecule is CCOC1CC(NCCC2CCN(C)CC2)C1. The molecule has 0 atom stereocenters. The van der Waals surface area contributed by atoms with Gasteiger partial charge in [0.25, 0.3) is 0 Å². The van der Waals surface area contributed by atoms with Crippen molar-refractivity contribution < 1.29 is 4.74 Å². The van der Waals surface area contributed by atoms with E-state index in [1.807, 2.05) is 0 Å². The van der Waals surface area contributed by atoms with Crippen LogP contribution in [0.5, 0.6) is 0 Å². The zero-order chi connectivity index (χ0) is 12.1. The zero-order valence-corrected chi connectivity index (χ0v) is 11.5. The van der Waals surface area contributed by atoms with Gasteiger partial charge in [-0.1, -0.05) is 0 Å². The van der Waals surface area contributed by atoms with Crippen LogP contribution in [0.25, 0.3) is 0 Å². The minimum atomic E-state index is 0.542. The average Bonchev–Trinajstić information content (AvgIpc) is 2.28. The molecule has 1 saturated heterocycles. The van der Waals surface area contributed by atoms with E-state index in [0.717, 1.165) is 18.6 Å². The van der Waals surface area contributed by atoms with Crippen molar-refractivity contribution in [3.05, 3.63) is 0 Å². The molecule has 1 saturated carbocycles. The number of ether oxygens (including phenoxy) is 1. The Hall–Kier alpha value is -0.120. The van der Waals surface area contributed by atoms with Gasteiger partial charge in [-0.05, 0) is 71.6 Å². The molecule has 17 heavy (non-hydrogen) atoms. The quantitative estimate of drug-likeness (QED) is 0.767. The van der Waals surface area contributed by atoms with Gasteiger partial charge >= 0.3 is 0 Å². The third-order valence-electron chi connectivity index (χ3n) is 4.32. The van der Waals surface area contributed by atoms with Gasteiger partial charge in [0.05, 0.1) is 6.10 Å². The Kier molecular flexibility index (Phi) is 5.26. The van der Waals surface area contributed by atoms with E-state index in [9.17, 15) is 0 Å². The molecule has 0 bridgehead atoms. The van der Waals surface area contributed by atoms with Gasteiger partial charge in [-0.3, -0.25) is 0 Å². The third-order valence-corrected chi connectivity index (χ3v) is 4.32. The van der Waals surface area contributed by atoms with Gasteiger partial charge in [-0.15, -0.1) is 0 Å². The highest BCUT2D eigenvalue weighted by molar-refractivity contribution is 4.86. The summed E-state index contributed by atoms with van der Waals surface area (Å²) in [7, 11) is 2.23. The predicted molar refractivity (Wildman–Crippen MR) is 71.3 cm³/mol. The molecule has 2 aliphatic rings. The van der Waals surface area contributed by atoms with Crippen molar-refractivity contribution in [2.75, 3.05) is 33.3 Å². The van der Waals surface area contributed by atoms with Gasteiger partial charge in [0.1, 0.15) is 0 Å². The molecule has 1 aliphatic carbocycles. The molecule has 0 spiro atoms. The largest absolute Gasteiger partial charge is 0.378 e. The minimum Gasteiger partial charge on any atom is -0.378 e. The van der Waals surface area contributed by atoms with E-state index < -0.39 is 0 Å². The number of nitrogens with one attached hydrogen (secondary N) is 1. The lowest BCUT2D eigenvalue weighted by atomic mass is 9.88. The zero-order valence-electron chi connectivity index (χ0n) is 11.5. The highest BCUT2D eigenvalue weighted by Crippen LogP contribution is 2.24. The molecule has 3 heteroatoms. The number of likely N-dealkylation sites (tertiary alicyclic amines) is 1. The Labute approximate surface area is 106 Å². The molecular formula is C14H28N2O. The van der Waals surface area contributed by atoms with Gasteiger partial charge in [-0.25, -0.2) is 0 Å². The molecule has 0 amide bonds. The Morgan fingerprint density at radius 1 is 1.24 bits per heavy atom. The summed E-state index contributed by atoms with van der Waals surface area (Å²) in [6, 6.07) is 0.734. The Bertz CT molecular complexity index is 208. The van der Waals surface area contributed by atoms with E-state index in [4.69, 9.17) is 4.74 Å². The molecular weight excluding hydrogens is 212 g/mol. The van der Waals surface area contributed by atoms with Crippen LogP contribution in [0.4, 0.5) is 0 Å². The molecule has 1 aliphatic heterocycles. The number of nitrogens with zero attached hydrogens (tertiary/aromatic N) is 1. The monoisotopic (exact) mass is 240 g/mol. The molecule has 0 aromatic rings. The first-order chi connectivity index (χ1) is 8.28. The summed E-state index contributed by atoms with van der Waals surface area (Å²) in [4.78, 5) is 2.45. The normalized spacial score (nSPS) is 31.4. The fourth-order valence-electron chi connectivity index (χ4n) is 2.95. The fourth-order valence-corrected chi connectivity index (χ4v) is 2.95. The number of piperidine rings is 1. The lowest BCUT2D eigenvalue weighted by Gasteiger charge is -2.36. The molecule has 2 fully saturated rings. The minimum absolute atomic E-state index is 0.542. The second kappa shape index (κ2) is 6.72. The van der Waals surface area contributed by atoms with Crippen molar-refractivity contribution in [1.82, 2.24) is 10.2 Å². The van der Waals surface area contributed by atoms with Gasteiger partial charge in [0, 0.05) is 12.6 Å². The Morgan fingerprint density at radius 2 is 1.94 bits per heavy atom. The summed E-state index contributed by atoms with van der Waals surface area (Å²) < 4.78 is 5.57. The van der Waals surface area contributed by atoms with Crippen LogP contribution in [-0.4, -0.2) is 50.3 Å². The molecule has 3 nitrogen and oxygen atoms in total. The first kappa shape index (κ1) is 13.3. The average molecular weight is 240 g/mol. The van der Waals surface area contributed by atoms with Crippen molar-refractivity contribution in [1.29, 1.82) is 0 Å². The van der Waals surface area contributed by atoms with Gasteiger partial charge < -0.3 is 15.0 Å². The molecule has 2 rings (SSSR count). The van der Waals surface area contributed by atoms with Crippen LogP contribution in [0.1, 0.15) is 39.0 Å². The summed E-state index contributed by atoms with van der Waals surface area (Å²) in [6.45, 7) is 6.74. The summed E-state index contributed by atoms with van der Waals surface area (Å²) in [5.74, 6) is 0.960. The molecule has 1 heterocycles. The number of rotatable bonds is 6. The summed E-state index contributed by atoms with van der Waals surface area (Å²) in [6.07, 6.45) is 7.14. The second-order valence-electron chi connectivity index (χ2n) is 5.74. The topological polar surface area (TPSA) is 24.5 Å². The van der Waals surface area contributed by atoms with Crippen LogP contribution in [0, 0.1) is 5.92 Å². The fraction of sp³-hybridized carbons (Fsp3) is 1.00. The molecule has 100 valence electrons. The van der Waals surface area contributed by atoms with Crippen LogP contribution >= 0.6 is 0 Å². The van der Waals surface area contributed by atoms with Crippen LogP contribution in [0.3, 0.4) is 0 Å². The Balaban J connectivity index is 1.47. The predicted octanol–water partition coefficient (Wildman–Crippen LogP) is 1.88. The van der Waals surface area contributed by atoms with E-state index in [1.165, 1.54) is 51.7 Å². The van der Waals surface area contributed by atoms with E-state index in [2.05, 4.69) is 24.2 Å². The summed E-state index contributed by atoms with van der Waals surface area (Å²) >= 11 is 0. The van der Waals surface area contributed by atoms with Crippen molar-refractivity contribution in [2.45, 2.75) is 51.2 Å². The van der Waals surface area contributed by atoms with Gasteiger partial charge in [-0.2, -0.15) is 0 Å². The van der Waals surface area contributed by atoms with Gasteiger partial charge in [0.15, 0.2) is 0 Å². The van der Waals surface area contributed by atoms with E-state index in [-0.39, 0.29) is 0 Å². The first-order valence-electron chi connectivity index (χ1n) is 7.31. The Morgan fingerprint density at radius 3 is 2.59 bits per heavy atom. The summed E-state index contributed by atoms with van der Waals surface area (Å²) in [5.41, 5.74) is 0. The number of hydrogen-bond acceptors (Lipinski definition) is 3. The maximum atomic E-state index is 5.57. The van der Waals surface area contributed by atoms with E-state index in [0.29, 0.717) is 6.10 Å². The van der Waals surface area contributed by atoms with Crippen LogP contribution < -0.4 is 5.32 Å². The number of hydrogen-bond donors (Lipinski definition) is 1. The molecule has 0 aromatic heterocycles. The van der Waals surface area contributed by atoms with Crippen LogP contribution in [-0.2, 0) is 4.74 Å². The van der Waals surface area contributed by atoms with E-state index in [1.54, 1.807) is 0 Å². The lowest BCUT2D eigenvalue weighted by molar-refractivity contribution is -0.0101. The highest BCUT2D eigenvalue weighted by Gasteiger charge is 2.29. The lowest BCUT2D eigenvalue weighted by Crippen LogP contribution is -2.46. The second-order valence-corrected chi connectivity index (χ2v) is 5.74. The standard InChI is InChI=1S/C14H28N2O/c1-3-17-14-10-13(11-14)15-7-4-12-5-8-16(2)9-6-12/h12-15H,3-11H2,1-2H3. The van der Waals surface area contributed by atoms with Crippen LogP contribution in [0.2, 0.25) is 0 Å². The third kappa shape index (κ3) is 4.23. The van der Waals surface area contributed by atoms with Crippen molar-refractivity contribution >= 4 is 0 Å². The maximum absolute atomic E-state index is 5.57. The van der Waals surface area contributed by atoms with Crippen molar-refractivity contribution in [2.24, 2.45) is 5.92 Å². The van der Waals surface area contributed by atoms with Crippen LogP contribution in [0.15, 0.2) is 0 Å². The molecule has 1 N–H and O–H groups in total. The first-order valence-corrected chi connectivity index (χ1v) is 7.31. The maximum Gasteiger partial charge on any atom is 0.0604 e. The molecule has 0 unspecified atom stereocenters. The molecule has 0 aromatic carbocycles. The molecule has 0 radical (unpaired) electrons. The van der Waals surface area contributed by atoms with Crippen molar-refractivity contribution in [3.63, 3.8) is 0 Å². The smallest absolute Gasteiger partial charge is 0.0604 e. The van der Waals surface area contributed by atoms with E-state index >= 15 is 0 Å².